The molecule has 0 N–H and O–H groups in total. The van der Waals surface area contributed by atoms with E-state index in [9.17, 15) is 0 Å². The zero-order valence-corrected chi connectivity index (χ0v) is 36.9. The van der Waals surface area contributed by atoms with E-state index in [2.05, 4.69) is 160 Å². The van der Waals surface area contributed by atoms with Crippen molar-refractivity contribution in [1.82, 2.24) is 9.97 Å². The van der Waals surface area contributed by atoms with Gasteiger partial charge in [0.1, 0.15) is 0 Å². The fourth-order valence-electron chi connectivity index (χ4n) is 8.19. The smallest absolute Gasteiger partial charge is 0.0798 e. The van der Waals surface area contributed by atoms with Gasteiger partial charge in [0.15, 0.2) is 0 Å². The predicted molar refractivity (Wildman–Crippen MR) is 238 cm³/mol. The van der Waals surface area contributed by atoms with E-state index in [4.69, 9.17) is 9.97 Å². The van der Waals surface area contributed by atoms with Crippen molar-refractivity contribution in [3.05, 3.63) is 175 Å². The summed E-state index contributed by atoms with van der Waals surface area (Å²) in [5, 5.41) is 4.12. The van der Waals surface area contributed by atoms with Gasteiger partial charge in [-0.05, 0) is 73.4 Å². The Morgan fingerprint density at radius 2 is 1.48 bits per heavy atom. The maximum absolute atomic E-state index is 4.76. The minimum atomic E-state index is -1.35. The Kier molecular flexibility index (Phi) is 12.6. The SMILES string of the molecule is CC(c1ccccc1)c1ccnc(-c2[c-]ccc3c2sc2cccc(-c4ccccc4)c23)c1.C[Si](C)(C)c1cnc(-c2[c-]cccc2)cc1CC1CCCC1.[Ir]. The van der Waals surface area contributed by atoms with Gasteiger partial charge in [0.05, 0.1) is 8.07 Å². The number of hydrogen-bond donors (Lipinski definition) is 0. The first-order chi connectivity index (χ1) is 26.8. The molecule has 283 valence electrons. The van der Waals surface area contributed by atoms with E-state index in [-0.39, 0.29) is 20.1 Å². The van der Waals surface area contributed by atoms with Crippen molar-refractivity contribution in [2.75, 3.05) is 0 Å². The zero-order valence-electron chi connectivity index (χ0n) is 32.7. The fraction of sp³-hybridized carbons (Fsp3) is 0.216. The molecule has 1 aliphatic rings. The normalized spacial score (nSPS) is 13.6. The first-order valence-corrected chi connectivity index (χ1v) is 24.0. The van der Waals surface area contributed by atoms with Crippen molar-refractivity contribution in [1.29, 1.82) is 0 Å². The van der Waals surface area contributed by atoms with Crippen LogP contribution in [0.5, 0.6) is 0 Å². The number of fused-ring (bicyclic) bond motifs is 3. The molecule has 8 aromatic rings. The minimum Gasteiger partial charge on any atom is -0.305 e. The number of nitrogens with zero attached hydrogens (tertiary/aromatic N) is 2. The summed E-state index contributed by atoms with van der Waals surface area (Å²) in [6.45, 7) is 9.54. The summed E-state index contributed by atoms with van der Waals surface area (Å²) in [5.74, 6) is 1.18. The number of hydrogen-bond acceptors (Lipinski definition) is 3. The molecule has 0 spiro atoms. The van der Waals surface area contributed by atoms with E-state index < -0.39 is 8.07 Å². The topological polar surface area (TPSA) is 25.8 Å². The van der Waals surface area contributed by atoms with Crippen LogP contribution in [0.4, 0.5) is 0 Å². The molecule has 56 heavy (non-hydrogen) atoms. The van der Waals surface area contributed by atoms with E-state index in [1.165, 1.54) is 74.5 Å². The van der Waals surface area contributed by atoms with Crippen LogP contribution in [0, 0.1) is 18.1 Å². The minimum absolute atomic E-state index is 0. The Balaban J connectivity index is 0.000000183. The van der Waals surface area contributed by atoms with Crippen LogP contribution in [-0.2, 0) is 26.5 Å². The van der Waals surface area contributed by atoms with Gasteiger partial charge in [-0.2, -0.15) is 11.3 Å². The van der Waals surface area contributed by atoms with Gasteiger partial charge in [-0.1, -0.05) is 148 Å². The molecule has 0 bridgehead atoms. The molecule has 5 heteroatoms. The Bertz CT molecular complexity index is 2520. The van der Waals surface area contributed by atoms with Gasteiger partial charge >= 0.3 is 0 Å². The Morgan fingerprint density at radius 3 is 2.21 bits per heavy atom. The molecule has 0 amide bonds. The van der Waals surface area contributed by atoms with E-state index >= 15 is 0 Å². The van der Waals surface area contributed by atoms with Crippen LogP contribution in [0.25, 0.3) is 53.8 Å². The number of aromatic nitrogens is 2. The second-order valence-corrected chi connectivity index (χ2v) is 22.0. The Hall–Kier alpha value is -4.51. The molecule has 0 saturated heterocycles. The van der Waals surface area contributed by atoms with Crippen molar-refractivity contribution in [2.45, 2.75) is 64.6 Å². The van der Waals surface area contributed by atoms with Crippen molar-refractivity contribution < 1.29 is 20.1 Å². The standard InChI is InChI=1S/C31H22NS.C20H26NSi.Ir/c1-21(22-10-4-2-5-11-22)24-18-19-32-28(20-24)26-15-8-16-27-30-25(23-12-6-3-7-13-23)14-9-17-29(30)33-31(26)27;1-22(2,3)20-15-21-19(17-11-5-4-6-12-17)14-18(20)13-16-9-7-8-10-16;/h2-14,16-21H,1H3;4-6,11,14-16H,7-10,13H2,1-3H3;/q2*-1;. The van der Waals surface area contributed by atoms with Crippen LogP contribution >= 0.6 is 11.3 Å². The average molecular weight is 941 g/mol. The van der Waals surface area contributed by atoms with Crippen molar-refractivity contribution in [2.24, 2.45) is 5.92 Å². The molecule has 3 aromatic heterocycles. The van der Waals surface area contributed by atoms with Gasteiger partial charge in [-0.25, -0.2) is 0 Å². The third kappa shape index (κ3) is 8.72. The third-order valence-corrected chi connectivity index (χ3v) is 14.4. The Morgan fingerprint density at radius 1 is 0.732 bits per heavy atom. The van der Waals surface area contributed by atoms with Crippen LogP contribution in [0.3, 0.4) is 0 Å². The quantitative estimate of drug-likeness (QED) is 0.112. The zero-order chi connectivity index (χ0) is 37.8. The summed E-state index contributed by atoms with van der Waals surface area (Å²) in [6.07, 6.45) is 11.0. The molecule has 1 aliphatic carbocycles. The van der Waals surface area contributed by atoms with Gasteiger partial charge < -0.3 is 9.97 Å². The van der Waals surface area contributed by atoms with Crippen LogP contribution in [-0.4, -0.2) is 18.0 Å². The van der Waals surface area contributed by atoms with Gasteiger partial charge in [-0.3, -0.25) is 0 Å². The van der Waals surface area contributed by atoms with Crippen LogP contribution in [0.2, 0.25) is 19.6 Å². The number of thiophene rings is 1. The first kappa shape index (κ1) is 39.7. The second kappa shape index (κ2) is 17.7. The van der Waals surface area contributed by atoms with Crippen molar-refractivity contribution in [3.8, 4) is 33.6 Å². The maximum Gasteiger partial charge on any atom is 0.0798 e. The van der Waals surface area contributed by atoms with Crippen LogP contribution < -0.4 is 5.19 Å². The second-order valence-electron chi connectivity index (χ2n) is 16.0. The van der Waals surface area contributed by atoms with Gasteiger partial charge in [-0.15, -0.1) is 59.7 Å². The molecule has 1 radical (unpaired) electrons. The van der Waals surface area contributed by atoms with Crippen molar-refractivity contribution in [3.63, 3.8) is 0 Å². The molecule has 1 fully saturated rings. The predicted octanol–water partition coefficient (Wildman–Crippen LogP) is 13.6. The van der Waals surface area contributed by atoms with Crippen LogP contribution in [0.15, 0.2) is 146 Å². The van der Waals surface area contributed by atoms with Gasteiger partial charge in [0.25, 0.3) is 0 Å². The average Bonchev–Trinajstić information content (AvgIpc) is 3.89. The van der Waals surface area contributed by atoms with E-state index in [0.717, 1.165) is 28.4 Å². The van der Waals surface area contributed by atoms with Gasteiger partial charge in [0, 0.05) is 43.1 Å². The molecule has 1 unspecified atom stereocenters. The summed E-state index contributed by atoms with van der Waals surface area (Å²) in [4.78, 5) is 9.52. The number of pyridine rings is 2. The molecular formula is C51H48IrN2SSi-2. The molecule has 1 saturated carbocycles. The molecule has 3 heterocycles. The largest absolute Gasteiger partial charge is 0.305 e. The molecule has 2 nitrogen and oxygen atoms in total. The summed E-state index contributed by atoms with van der Waals surface area (Å²) in [5.41, 5.74) is 10.9. The molecule has 0 aliphatic heterocycles. The summed E-state index contributed by atoms with van der Waals surface area (Å²) >= 11 is 1.83. The summed E-state index contributed by atoms with van der Waals surface area (Å²) < 4.78 is 2.54. The maximum atomic E-state index is 4.76. The number of rotatable bonds is 8. The van der Waals surface area contributed by atoms with E-state index in [1.807, 2.05) is 35.7 Å². The van der Waals surface area contributed by atoms with Gasteiger partial charge in [0.2, 0.25) is 0 Å². The summed E-state index contributed by atoms with van der Waals surface area (Å²) in [7, 11) is -1.35. The first-order valence-electron chi connectivity index (χ1n) is 19.7. The monoisotopic (exact) mass is 941 g/mol. The van der Waals surface area contributed by atoms with Crippen LogP contribution in [0.1, 0.15) is 55.2 Å². The molecular weight excluding hydrogens is 893 g/mol. The van der Waals surface area contributed by atoms with Crippen molar-refractivity contribution >= 4 is 44.8 Å². The fourth-order valence-corrected chi connectivity index (χ4v) is 11.0. The van der Waals surface area contributed by atoms with E-state index in [1.54, 1.807) is 10.8 Å². The third-order valence-electron chi connectivity index (χ3n) is 11.1. The van der Waals surface area contributed by atoms with E-state index in [0.29, 0.717) is 5.92 Å². The Labute approximate surface area is 351 Å². The summed E-state index contributed by atoms with van der Waals surface area (Å²) in [6, 6.07) is 53.8. The number of benzene rings is 5. The molecule has 5 aromatic carbocycles. The molecule has 9 rings (SSSR count). The molecule has 1 atom stereocenters.